The van der Waals surface area contributed by atoms with Gasteiger partial charge in [0.1, 0.15) is 11.6 Å². The summed E-state index contributed by atoms with van der Waals surface area (Å²) in [5, 5.41) is 0. The minimum absolute atomic E-state index is 0.00117. The molecule has 1 aromatic rings. The number of carbonyl (C=O) groups is 1. The molecule has 1 aliphatic rings. The molecule has 0 amide bonds. The van der Waals surface area contributed by atoms with Gasteiger partial charge in [0.25, 0.3) is 0 Å². The molecule has 0 N–H and O–H groups in total. The Kier molecular flexibility index (Phi) is 3.38. The molecule has 1 saturated heterocycles. The second-order valence-corrected chi connectivity index (χ2v) is 6.54. The van der Waals surface area contributed by atoms with E-state index in [4.69, 9.17) is 4.74 Å². The van der Waals surface area contributed by atoms with E-state index in [1.54, 1.807) is 0 Å². The van der Waals surface area contributed by atoms with Crippen LogP contribution in [0.4, 0.5) is 4.39 Å². The predicted octanol–water partition coefficient (Wildman–Crippen LogP) is 1.45. The minimum atomic E-state index is -3.14. The number of hydrogen-bond acceptors (Lipinski definition) is 4. The van der Waals surface area contributed by atoms with E-state index in [9.17, 15) is 17.6 Å². The van der Waals surface area contributed by atoms with Crippen molar-refractivity contribution in [2.24, 2.45) is 5.92 Å². The molecule has 0 aromatic heterocycles. The third kappa shape index (κ3) is 2.53. The van der Waals surface area contributed by atoms with Crippen LogP contribution in [0.25, 0.3) is 0 Å². The molecule has 0 saturated carbocycles. The van der Waals surface area contributed by atoms with Crippen LogP contribution in [0.15, 0.2) is 18.2 Å². The Bertz CT molecular complexity index is 580. The normalized spacial score (nSPS) is 21.8. The van der Waals surface area contributed by atoms with Crippen LogP contribution in [0.3, 0.4) is 0 Å². The highest BCUT2D eigenvalue weighted by atomic mass is 32.2. The number of rotatable bonds is 3. The van der Waals surface area contributed by atoms with E-state index in [1.807, 2.05) is 0 Å². The molecule has 4 nitrogen and oxygen atoms in total. The Morgan fingerprint density at radius 1 is 1.44 bits per heavy atom. The van der Waals surface area contributed by atoms with Gasteiger partial charge in [0.05, 0.1) is 24.2 Å². The van der Waals surface area contributed by atoms with Gasteiger partial charge < -0.3 is 4.74 Å². The summed E-state index contributed by atoms with van der Waals surface area (Å²) in [6.07, 6.45) is 0.270. The number of sulfone groups is 1. The molecule has 1 heterocycles. The van der Waals surface area contributed by atoms with Crippen molar-refractivity contribution in [3.05, 3.63) is 29.6 Å². The number of halogens is 1. The van der Waals surface area contributed by atoms with Crippen LogP contribution in [-0.2, 0) is 9.84 Å². The molecule has 2 rings (SSSR count). The highest BCUT2D eigenvalue weighted by Gasteiger charge is 2.34. The first-order valence-electron chi connectivity index (χ1n) is 5.51. The molecule has 0 radical (unpaired) electrons. The van der Waals surface area contributed by atoms with Gasteiger partial charge in [-0.1, -0.05) is 0 Å². The van der Waals surface area contributed by atoms with E-state index in [1.165, 1.54) is 19.2 Å². The van der Waals surface area contributed by atoms with Crippen LogP contribution in [0, 0.1) is 11.7 Å². The Morgan fingerprint density at radius 2 is 2.17 bits per heavy atom. The number of ketones is 1. The third-order valence-corrected chi connectivity index (χ3v) is 4.81. The minimum Gasteiger partial charge on any atom is -0.497 e. The molecule has 1 fully saturated rings. The van der Waals surface area contributed by atoms with Crippen LogP contribution < -0.4 is 4.74 Å². The van der Waals surface area contributed by atoms with Crippen molar-refractivity contribution < 1.29 is 22.3 Å². The van der Waals surface area contributed by atoms with Gasteiger partial charge in [0.15, 0.2) is 15.6 Å². The van der Waals surface area contributed by atoms with E-state index < -0.39 is 27.4 Å². The Morgan fingerprint density at radius 3 is 2.67 bits per heavy atom. The SMILES string of the molecule is COc1ccc(C(=O)C2CCS(=O)(=O)C2)c(F)c1. The van der Waals surface area contributed by atoms with Gasteiger partial charge in [-0.05, 0) is 18.6 Å². The maximum Gasteiger partial charge on any atom is 0.169 e. The van der Waals surface area contributed by atoms with E-state index in [0.29, 0.717) is 5.75 Å². The van der Waals surface area contributed by atoms with Crippen LogP contribution in [0.1, 0.15) is 16.8 Å². The largest absolute Gasteiger partial charge is 0.497 e. The van der Waals surface area contributed by atoms with Crippen molar-refractivity contribution in [1.29, 1.82) is 0 Å². The van der Waals surface area contributed by atoms with Gasteiger partial charge in [-0.3, -0.25) is 4.79 Å². The molecule has 1 aliphatic heterocycles. The first-order chi connectivity index (χ1) is 8.43. The number of hydrogen-bond donors (Lipinski definition) is 0. The van der Waals surface area contributed by atoms with Gasteiger partial charge in [-0.2, -0.15) is 0 Å². The molecule has 18 heavy (non-hydrogen) atoms. The fourth-order valence-electron chi connectivity index (χ4n) is 2.04. The Balaban J connectivity index is 2.25. The molecule has 0 spiro atoms. The quantitative estimate of drug-likeness (QED) is 0.781. The lowest BCUT2D eigenvalue weighted by Gasteiger charge is -2.08. The maximum absolute atomic E-state index is 13.7. The molecule has 0 bridgehead atoms. The highest BCUT2D eigenvalue weighted by Crippen LogP contribution is 2.25. The van der Waals surface area contributed by atoms with Gasteiger partial charge in [-0.25, -0.2) is 12.8 Å². The summed E-state index contributed by atoms with van der Waals surface area (Å²) < 4.78 is 41.1. The monoisotopic (exact) mass is 272 g/mol. The van der Waals surface area contributed by atoms with E-state index in [-0.39, 0.29) is 23.5 Å². The average molecular weight is 272 g/mol. The summed E-state index contributed by atoms with van der Waals surface area (Å²) in [6, 6.07) is 3.94. The second kappa shape index (κ2) is 4.68. The zero-order valence-corrected chi connectivity index (χ0v) is 10.7. The molecule has 1 unspecified atom stereocenters. The molecule has 0 aliphatic carbocycles. The maximum atomic E-state index is 13.7. The molecule has 1 aromatic carbocycles. The summed E-state index contributed by atoms with van der Waals surface area (Å²) in [6.45, 7) is 0. The second-order valence-electron chi connectivity index (χ2n) is 4.31. The van der Waals surface area contributed by atoms with Crippen molar-refractivity contribution in [3.63, 3.8) is 0 Å². The lowest BCUT2D eigenvalue weighted by molar-refractivity contribution is 0.0929. The van der Waals surface area contributed by atoms with Crippen molar-refractivity contribution in [3.8, 4) is 5.75 Å². The number of carbonyl (C=O) groups excluding carboxylic acids is 1. The number of Topliss-reactive ketones (excluding diaryl/α,β-unsaturated/α-hetero) is 1. The van der Waals surface area contributed by atoms with Gasteiger partial charge in [0.2, 0.25) is 0 Å². The van der Waals surface area contributed by atoms with Crippen LogP contribution in [0.5, 0.6) is 5.75 Å². The van der Waals surface area contributed by atoms with E-state index >= 15 is 0 Å². The average Bonchev–Trinajstić information content (AvgIpc) is 2.68. The Labute approximate surface area is 105 Å². The predicted molar refractivity (Wildman–Crippen MR) is 64.0 cm³/mol. The van der Waals surface area contributed by atoms with Crippen molar-refractivity contribution >= 4 is 15.6 Å². The van der Waals surface area contributed by atoms with Crippen molar-refractivity contribution in [2.75, 3.05) is 18.6 Å². The van der Waals surface area contributed by atoms with E-state index in [2.05, 4.69) is 0 Å². The molecular formula is C12H13FO4S. The van der Waals surface area contributed by atoms with Crippen molar-refractivity contribution in [1.82, 2.24) is 0 Å². The number of ether oxygens (including phenoxy) is 1. The number of methoxy groups -OCH3 is 1. The number of benzene rings is 1. The van der Waals surface area contributed by atoms with E-state index in [0.717, 1.165) is 6.07 Å². The molecule has 6 heteroatoms. The molecular weight excluding hydrogens is 259 g/mol. The molecule has 98 valence electrons. The fourth-order valence-corrected chi connectivity index (χ4v) is 3.79. The Hall–Kier alpha value is -1.43. The lowest BCUT2D eigenvalue weighted by Crippen LogP contribution is -2.17. The topological polar surface area (TPSA) is 60.4 Å². The standard InChI is InChI=1S/C12H13FO4S/c1-17-9-2-3-10(11(13)6-9)12(14)8-4-5-18(15,16)7-8/h2-3,6,8H,4-5,7H2,1H3. The summed E-state index contributed by atoms with van der Waals surface area (Å²) >= 11 is 0. The van der Waals surface area contributed by atoms with Gasteiger partial charge >= 0.3 is 0 Å². The molecule has 1 atom stereocenters. The van der Waals surface area contributed by atoms with Crippen LogP contribution in [-0.4, -0.2) is 32.8 Å². The summed E-state index contributed by atoms with van der Waals surface area (Å²) in [5.41, 5.74) is -0.0714. The van der Waals surface area contributed by atoms with Crippen LogP contribution in [0.2, 0.25) is 0 Å². The summed E-state index contributed by atoms with van der Waals surface area (Å²) in [7, 11) is -1.74. The van der Waals surface area contributed by atoms with Crippen molar-refractivity contribution in [2.45, 2.75) is 6.42 Å². The van der Waals surface area contributed by atoms with Gasteiger partial charge in [0, 0.05) is 12.0 Å². The highest BCUT2D eigenvalue weighted by molar-refractivity contribution is 7.91. The first-order valence-corrected chi connectivity index (χ1v) is 7.33. The lowest BCUT2D eigenvalue weighted by atomic mass is 9.97. The van der Waals surface area contributed by atoms with Crippen LogP contribution >= 0.6 is 0 Å². The van der Waals surface area contributed by atoms with Gasteiger partial charge in [-0.15, -0.1) is 0 Å². The first kappa shape index (κ1) is 13.0. The smallest absolute Gasteiger partial charge is 0.169 e. The fraction of sp³-hybridized carbons (Fsp3) is 0.417. The summed E-state index contributed by atoms with van der Waals surface area (Å²) in [4.78, 5) is 12.0. The summed E-state index contributed by atoms with van der Waals surface area (Å²) in [5.74, 6) is -1.61. The third-order valence-electron chi connectivity index (χ3n) is 3.04. The zero-order valence-electron chi connectivity index (χ0n) is 9.85. The zero-order chi connectivity index (χ0) is 13.3.